The average Bonchev–Trinajstić information content (AvgIpc) is 2.79. The van der Waals surface area contributed by atoms with Crippen molar-refractivity contribution in [3.8, 4) is 0 Å². The second-order valence-corrected chi connectivity index (χ2v) is 8.33. The van der Waals surface area contributed by atoms with Gasteiger partial charge in [-0.05, 0) is 37.1 Å². The number of carbonyl (C=O) groups is 1. The molecule has 26 heavy (non-hydrogen) atoms. The standard InChI is InChI=1S/C19H24BrN3OS.ClH/c1-23-17(12-18(24)21-16-10-8-14(20)9-11-16)13-25-19(23)22-15-6-4-2-3-5-7-15;/h8-11,13,15H,2-7,12H2,1H3,(H,21,24);1H. The fraction of sp³-hybridized carbons (Fsp3) is 0.474. The number of benzene rings is 1. The van der Waals surface area contributed by atoms with Crippen molar-refractivity contribution in [3.63, 3.8) is 0 Å². The number of halogens is 2. The van der Waals surface area contributed by atoms with E-state index in [0.717, 1.165) is 20.7 Å². The van der Waals surface area contributed by atoms with Crippen LogP contribution in [0.2, 0.25) is 0 Å². The number of amides is 1. The maximum Gasteiger partial charge on any atom is 0.230 e. The molecule has 0 saturated heterocycles. The Kier molecular flexibility index (Phi) is 8.38. The van der Waals surface area contributed by atoms with Crippen LogP contribution in [-0.4, -0.2) is 16.5 Å². The van der Waals surface area contributed by atoms with Gasteiger partial charge in [0, 0.05) is 28.3 Å². The summed E-state index contributed by atoms with van der Waals surface area (Å²) < 4.78 is 3.07. The Bertz CT molecular complexity index is 777. The number of thiazole rings is 1. The van der Waals surface area contributed by atoms with E-state index in [9.17, 15) is 4.79 Å². The molecular weight excluding hydrogens is 434 g/mol. The number of carbonyl (C=O) groups excluding carboxylic acids is 1. The summed E-state index contributed by atoms with van der Waals surface area (Å²) in [4.78, 5) is 18.3. The maximum atomic E-state index is 12.3. The third-order valence-corrected chi connectivity index (χ3v) is 6.11. The van der Waals surface area contributed by atoms with E-state index in [1.807, 2.05) is 31.3 Å². The molecule has 1 aromatic heterocycles. The van der Waals surface area contributed by atoms with Gasteiger partial charge in [-0.2, -0.15) is 0 Å². The second kappa shape index (κ2) is 10.3. The Morgan fingerprint density at radius 1 is 1.23 bits per heavy atom. The zero-order valence-corrected chi connectivity index (χ0v) is 18.1. The van der Waals surface area contributed by atoms with Crippen LogP contribution in [0.5, 0.6) is 0 Å². The lowest BCUT2D eigenvalue weighted by molar-refractivity contribution is -0.115. The zero-order valence-electron chi connectivity index (χ0n) is 14.9. The van der Waals surface area contributed by atoms with Crippen molar-refractivity contribution in [3.05, 3.63) is 44.6 Å². The number of rotatable bonds is 4. The van der Waals surface area contributed by atoms with Crippen LogP contribution >= 0.6 is 39.7 Å². The molecule has 0 aliphatic heterocycles. The number of nitrogens with one attached hydrogen (secondary N) is 1. The molecule has 0 unspecified atom stereocenters. The van der Waals surface area contributed by atoms with E-state index in [0.29, 0.717) is 12.5 Å². The fourth-order valence-electron chi connectivity index (χ4n) is 3.12. The van der Waals surface area contributed by atoms with Gasteiger partial charge in [-0.1, -0.05) is 41.6 Å². The van der Waals surface area contributed by atoms with Crippen molar-refractivity contribution in [2.45, 2.75) is 51.0 Å². The highest BCUT2D eigenvalue weighted by molar-refractivity contribution is 9.10. The van der Waals surface area contributed by atoms with Crippen LogP contribution in [0.1, 0.15) is 44.2 Å². The van der Waals surface area contributed by atoms with Crippen LogP contribution in [0.4, 0.5) is 5.69 Å². The summed E-state index contributed by atoms with van der Waals surface area (Å²) in [5.74, 6) is -0.00302. The van der Waals surface area contributed by atoms with Gasteiger partial charge in [0.15, 0.2) is 4.80 Å². The lowest BCUT2D eigenvalue weighted by Gasteiger charge is -2.08. The lowest BCUT2D eigenvalue weighted by Crippen LogP contribution is -2.21. The Hall–Kier alpha value is -1.11. The van der Waals surface area contributed by atoms with Crippen LogP contribution < -0.4 is 10.1 Å². The minimum atomic E-state index is -0.00302. The first-order valence-electron chi connectivity index (χ1n) is 8.84. The van der Waals surface area contributed by atoms with E-state index in [2.05, 4.69) is 31.2 Å². The first-order chi connectivity index (χ1) is 12.1. The molecule has 0 atom stereocenters. The molecule has 4 nitrogen and oxygen atoms in total. The molecule has 1 heterocycles. The quantitative estimate of drug-likeness (QED) is 0.638. The van der Waals surface area contributed by atoms with Gasteiger partial charge in [-0.15, -0.1) is 23.7 Å². The van der Waals surface area contributed by atoms with Gasteiger partial charge in [0.1, 0.15) is 0 Å². The van der Waals surface area contributed by atoms with E-state index in [1.54, 1.807) is 11.3 Å². The topological polar surface area (TPSA) is 46.4 Å². The lowest BCUT2D eigenvalue weighted by atomic mass is 10.1. The highest BCUT2D eigenvalue weighted by Crippen LogP contribution is 2.19. The second-order valence-electron chi connectivity index (χ2n) is 6.57. The van der Waals surface area contributed by atoms with Crippen molar-refractivity contribution < 1.29 is 4.79 Å². The average molecular weight is 459 g/mol. The molecule has 0 radical (unpaired) electrons. The first-order valence-corrected chi connectivity index (χ1v) is 10.5. The summed E-state index contributed by atoms with van der Waals surface area (Å²) in [7, 11) is 2.01. The Morgan fingerprint density at radius 2 is 1.88 bits per heavy atom. The highest BCUT2D eigenvalue weighted by Gasteiger charge is 2.13. The molecule has 142 valence electrons. The molecule has 0 bridgehead atoms. The molecule has 1 saturated carbocycles. The van der Waals surface area contributed by atoms with Crippen molar-refractivity contribution in [2.24, 2.45) is 12.0 Å². The van der Waals surface area contributed by atoms with E-state index in [4.69, 9.17) is 4.99 Å². The Balaban J connectivity index is 0.00000243. The molecular formula is C19H25BrClN3OS. The fourth-order valence-corrected chi connectivity index (χ4v) is 4.36. The van der Waals surface area contributed by atoms with Crippen molar-refractivity contribution in [2.75, 3.05) is 5.32 Å². The minimum Gasteiger partial charge on any atom is -0.326 e. The van der Waals surface area contributed by atoms with Crippen molar-refractivity contribution in [1.82, 2.24) is 4.57 Å². The van der Waals surface area contributed by atoms with Crippen LogP contribution in [0.25, 0.3) is 0 Å². The SMILES string of the molecule is Cl.Cn1c(CC(=O)Nc2ccc(Br)cc2)csc1=NC1CCCCCC1. The normalized spacial score (nSPS) is 16.0. The molecule has 1 aliphatic carbocycles. The number of nitrogens with zero attached hydrogens (tertiary/aromatic N) is 2. The van der Waals surface area contributed by atoms with Gasteiger partial charge in [0.25, 0.3) is 0 Å². The summed E-state index contributed by atoms with van der Waals surface area (Å²) in [6, 6.07) is 8.07. The molecule has 1 aliphatic rings. The molecule has 1 aromatic carbocycles. The predicted octanol–water partition coefficient (Wildman–Crippen LogP) is 5.08. The van der Waals surface area contributed by atoms with Crippen LogP contribution in [0.15, 0.2) is 39.1 Å². The summed E-state index contributed by atoms with van der Waals surface area (Å²) >= 11 is 5.04. The number of hydrogen-bond acceptors (Lipinski definition) is 3. The third kappa shape index (κ3) is 5.96. The van der Waals surface area contributed by atoms with E-state index in [1.165, 1.54) is 38.5 Å². The molecule has 2 aromatic rings. The Morgan fingerprint density at radius 3 is 2.54 bits per heavy atom. The van der Waals surface area contributed by atoms with Gasteiger partial charge in [-0.25, -0.2) is 0 Å². The number of hydrogen-bond donors (Lipinski definition) is 1. The monoisotopic (exact) mass is 457 g/mol. The smallest absolute Gasteiger partial charge is 0.230 e. The molecule has 0 spiro atoms. The molecule has 3 rings (SSSR count). The van der Waals surface area contributed by atoms with Crippen molar-refractivity contribution in [1.29, 1.82) is 0 Å². The molecule has 7 heteroatoms. The van der Waals surface area contributed by atoms with Gasteiger partial charge in [0.2, 0.25) is 5.91 Å². The third-order valence-electron chi connectivity index (χ3n) is 4.61. The molecule has 1 N–H and O–H groups in total. The first kappa shape index (κ1) is 21.2. The Labute approximate surface area is 173 Å². The van der Waals surface area contributed by atoms with Gasteiger partial charge in [-0.3, -0.25) is 9.79 Å². The van der Waals surface area contributed by atoms with E-state index in [-0.39, 0.29) is 18.3 Å². The van der Waals surface area contributed by atoms with Crippen molar-refractivity contribution >= 4 is 51.3 Å². The van der Waals surface area contributed by atoms with Gasteiger partial charge in [0.05, 0.1) is 12.5 Å². The maximum absolute atomic E-state index is 12.3. The van der Waals surface area contributed by atoms with Gasteiger partial charge >= 0.3 is 0 Å². The van der Waals surface area contributed by atoms with Crippen LogP contribution in [-0.2, 0) is 18.3 Å². The number of anilines is 1. The zero-order chi connectivity index (χ0) is 17.6. The molecule has 1 amide bonds. The van der Waals surface area contributed by atoms with E-state index >= 15 is 0 Å². The van der Waals surface area contributed by atoms with Crippen LogP contribution in [0.3, 0.4) is 0 Å². The minimum absolute atomic E-state index is 0. The highest BCUT2D eigenvalue weighted by atomic mass is 79.9. The number of aromatic nitrogens is 1. The summed E-state index contributed by atoms with van der Waals surface area (Å²) in [6.45, 7) is 0. The van der Waals surface area contributed by atoms with Crippen LogP contribution in [0, 0.1) is 0 Å². The summed E-state index contributed by atoms with van der Waals surface area (Å²) in [5.41, 5.74) is 1.82. The largest absolute Gasteiger partial charge is 0.326 e. The predicted molar refractivity (Wildman–Crippen MR) is 114 cm³/mol. The van der Waals surface area contributed by atoms with E-state index < -0.39 is 0 Å². The summed E-state index contributed by atoms with van der Waals surface area (Å²) in [5, 5.41) is 5.00. The molecule has 1 fully saturated rings. The summed E-state index contributed by atoms with van der Waals surface area (Å²) in [6.07, 6.45) is 7.99. The van der Waals surface area contributed by atoms with Gasteiger partial charge < -0.3 is 9.88 Å².